The van der Waals surface area contributed by atoms with E-state index in [0.29, 0.717) is 39.1 Å². The third-order valence-electron chi connectivity index (χ3n) is 9.72. The molecular weight excluding hydrogens is 679 g/mol. The Balaban J connectivity index is 1.08. The average Bonchev–Trinajstić information content (AvgIpc) is 3.70. The molecule has 0 atom stereocenters. The molecule has 2 aromatic heterocycles. The van der Waals surface area contributed by atoms with Gasteiger partial charge in [0.2, 0.25) is 9.84 Å². The second kappa shape index (κ2) is 11.9. The summed E-state index contributed by atoms with van der Waals surface area (Å²) in [6.45, 7) is 0. The molecule has 1 aliphatic heterocycles. The highest BCUT2D eigenvalue weighted by Crippen LogP contribution is 2.47. The van der Waals surface area contributed by atoms with Crippen molar-refractivity contribution in [3.63, 3.8) is 0 Å². The minimum atomic E-state index is -3.78. The summed E-state index contributed by atoms with van der Waals surface area (Å²) in [4.78, 5) is 15.2. The number of hydrogen-bond donors (Lipinski definition) is 0. The Hall–Kier alpha value is -6.28. The largest absolute Gasteiger partial charge is 0.218 e. The van der Waals surface area contributed by atoms with Crippen molar-refractivity contribution in [1.82, 2.24) is 15.0 Å². The molecule has 0 amide bonds. The van der Waals surface area contributed by atoms with Crippen molar-refractivity contribution in [3.05, 3.63) is 164 Å². The number of thiophene rings is 1. The summed E-state index contributed by atoms with van der Waals surface area (Å²) in [5.74, 6) is 1.43. The van der Waals surface area contributed by atoms with Crippen LogP contribution < -0.4 is 0 Å². The lowest BCUT2D eigenvalue weighted by Gasteiger charge is -2.10. The zero-order valence-corrected chi connectivity index (χ0v) is 29.2. The Morgan fingerprint density at radius 3 is 1.69 bits per heavy atom. The highest BCUT2D eigenvalue weighted by Gasteiger charge is 2.34. The summed E-state index contributed by atoms with van der Waals surface area (Å²) in [6, 6.07) is 54.1. The average molecular weight is 706 g/mol. The van der Waals surface area contributed by atoms with Crippen molar-refractivity contribution in [2.45, 2.75) is 9.79 Å². The van der Waals surface area contributed by atoms with Crippen LogP contribution in [-0.2, 0) is 9.84 Å². The molecule has 1 aliphatic rings. The number of hydrogen-bond acceptors (Lipinski definition) is 6. The first-order valence-electron chi connectivity index (χ1n) is 16.9. The SMILES string of the molecule is O=S1(=O)c2ccc(-c3cccc4c3sc3ccccc34)cc2-c2ccc(-c3nc(-c4ccccc4)nc(-c4ccc(-c5ccccc5)cc4)n3)cc21. The molecule has 0 spiro atoms. The molecule has 5 nitrogen and oxygen atoms in total. The van der Waals surface area contributed by atoms with E-state index in [1.54, 1.807) is 23.5 Å². The fraction of sp³-hybridized carbons (Fsp3) is 0. The predicted octanol–water partition coefficient (Wildman–Crippen LogP) is 11.4. The molecule has 0 unspecified atom stereocenters. The van der Waals surface area contributed by atoms with E-state index in [1.807, 2.05) is 84.9 Å². The summed E-state index contributed by atoms with van der Waals surface area (Å²) in [5, 5.41) is 2.43. The van der Waals surface area contributed by atoms with Crippen LogP contribution in [0.2, 0.25) is 0 Å². The third-order valence-corrected chi connectivity index (χ3v) is 12.8. The third kappa shape index (κ3) is 4.97. The Labute approximate surface area is 304 Å². The fourth-order valence-corrected chi connectivity index (χ4v) is 10.1. The smallest absolute Gasteiger partial charge is 0.207 e. The monoisotopic (exact) mass is 705 g/mol. The maximum Gasteiger partial charge on any atom is 0.207 e. The zero-order chi connectivity index (χ0) is 34.8. The van der Waals surface area contributed by atoms with Gasteiger partial charge in [-0.05, 0) is 46.5 Å². The topological polar surface area (TPSA) is 72.8 Å². The molecule has 0 saturated heterocycles. The van der Waals surface area contributed by atoms with Crippen LogP contribution in [0.5, 0.6) is 0 Å². The number of fused-ring (bicyclic) bond motifs is 6. The van der Waals surface area contributed by atoms with Crippen LogP contribution >= 0.6 is 11.3 Å². The molecule has 52 heavy (non-hydrogen) atoms. The van der Waals surface area contributed by atoms with Gasteiger partial charge in [-0.2, -0.15) is 0 Å². The normalized spacial score (nSPS) is 12.9. The van der Waals surface area contributed by atoms with Crippen molar-refractivity contribution in [1.29, 1.82) is 0 Å². The number of nitrogens with zero attached hydrogens (tertiary/aromatic N) is 3. The number of aromatic nitrogens is 3. The molecule has 7 heteroatoms. The summed E-state index contributed by atoms with van der Waals surface area (Å²) in [5.41, 5.74) is 7.96. The highest BCUT2D eigenvalue weighted by atomic mass is 32.2. The summed E-state index contributed by atoms with van der Waals surface area (Å²) in [6.07, 6.45) is 0. The van der Waals surface area contributed by atoms with Crippen LogP contribution in [0.3, 0.4) is 0 Å². The first-order valence-corrected chi connectivity index (χ1v) is 19.2. The molecule has 0 saturated carbocycles. The minimum Gasteiger partial charge on any atom is -0.218 e. The lowest BCUT2D eigenvalue weighted by atomic mass is 9.97. The van der Waals surface area contributed by atoms with Gasteiger partial charge in [0.05, 0.1) is 9.79 Å². The second-order valence-electron chi connectivity index (χ2n) is 12.8. The molecule has 0 fully saturated rings. The molecule has 0 radical (unpaired) electrons. The van der Waals surface area contributed by atoms with Crippen LogP contribution in [0.1, 0.15) is 0 Å². The zero-order valence-electron chi connectivity index (χ0n) is 27.6. The second-order valence-corrected chi connectivity index (χ2v) is 15.8. The van der Waals surface area contributed by atoms with Gasteiger partial charge < -0.3 is 0 Å². The highest BCUT2D eigenvalue weighted by molar-refractivity contribution is 7.92. The van der Waals surface area contributed by atoms with Crippen LogP contribution in [-0.4, -0.2) is 23.4 Å². The van der Waals surface area contributed by atoms with E-state index >= 15 is 0 Å². The van der Waals surface area contributed by atoms with Crippen molar-refractivity contribution in [2.24, 2.45) is 0 Å². The fourth-order valence-electron chi connectivity index (χ4n) is 7.13. The Morgan fingerprint density at radius 1 is 0.385 bits per heavy atom. The molecule has 9 aromatic rings. The van der Waals surface area contributed by atoms with Crippen LogP contribution in [0, 0.1) is 0 Å². The molecule has 7 aromatic carbocycles. The molecule has 0 N–H and O–H groups in total. The van der Waals surface area contributed by atoms with Crippen LogP contribution in [0.15, 0.2) is 174 Å². The van der Waals surface area contributed by atoms with Gasteiger partial charge in [0.15, 0.2) is 17.5 Å². The van der Waals surface area contributed by atoms with Crippen molar-refractivity contribution in [2.75, 3.05) is 0 Å². The van der Waals surface area contributed by atoms with Gasteiger partial charge in [-0.25, -0.2) is 23.4 Å². The Morgan fingerprint density at radius 2 is 0.942 bits per heavy atom. The van der Waals surface area contributed by atoms with Gasteiger partial charge in [-0.15, -0.1) is 11.3 Å². The van der Waals surface area contributed by atoms with E-state index in [-0.39, 0.29) is 4.90 Å². The molecule has 0 aliphatic carbocycles. The van der Waals surface area contributed by atoms with Gasteiger partial charge >= 0.3 is 0 Å². The van der Waals surface area contributed by atoms with Gasteiger partial charge in [-0.1, -0.05) is 140 Å². The number of sulfone groups is 1. The first-order chi connectivity index (χ1) is 25.5. The van der Waals surface area contributed by atoms with E-state index in [1.165, 1.54) is 20.2 Å². The number of rotatable bonds is 5. The van der Waals surface area contributed by atoms with Crippen LogP contribution in [0.4, 0.5) is 0 Å². The van der Waals surface area contributed by atoms with Crippen LogP contribution in [0.25, 0.3) is 87.7 Å². The van der Waals surface area contributed by atoms with Gasteiger partial charge in [0.25, 0.3) is 0 Å². The van der Waals surface area contributed by atoms with Gasteiger partial charge in [0.1, 0.15) is 0 Å². The minimum absolute atomic E-state index is 0.257. The lowest BCUT2D eigenvalue weighted by molar-refractivity contribution is 0.598. The van der Waals surface area contributed by atoms with E-state index in [9.17, 15) is 8.42 Å². The molecule has 10 rings (SSSR count). The number of benzene rings is 7. The summed E-state index contributed by atoms with van der Waals surface area (Å²) in [7, 11) is -3.78. The first kappa shape index (κ1) is 30.5. The van der Waals surface area contributed by atoms with Gasteiger partial charge in [0, 0.05) is 48.0 Å². The van der Waals surface area contributed by atoms with E-state index < -0.39 is 9.84 Å². The summed E-state index contributed by atoms with van der Waals surface area (Å²) >= 11 is 1.76. The van der Waals surface area contributed by atoms with E-state index in [0.717, 1.165) is 33.4 Å². The maximum absolute atomic E-state index is 14.1. The molecule has 0 bridgehead atoms. The van der Waals surface area contributed by atoms with E-state index in [4.69, 9.17) is 15.0 Å². The van der Waals surface area contributed by atoms with Crippen molar-refractivity contribution >= 4 is 41.3 Å². The Bertz CT molecular complexity index is 2960. The molecule has 3 heterocycles. The molecular formula is C45H27N3O2S2. The summed E-state index contributed by atoms with van der Waals surface area (Å²) < 4.78 is 30.6. The van der Waals surface area contributed by atoms with E-state index in [2.05, 4.69) is 66.7 Å². The Kier molecular flexibility index (Phi) is 6.99. The predicted molar refractivity (Wildman–Crippen MR) is 211 cm³/mol. The maximum atomic E-state index is 14.1. The standard InChI is InChI=1S/C45H27N3O2S2/c49-52(50)40-25-23-32(34-15-9-16-37-35-14-7-8-17-39(35)51-42(34)37)26-38(40)36-24-22-33(27-41(36)52)45-47-43(30-12-5-2-6-13-30)46-44(48-45)31-20-18-29(19-21-31)28-10-3-1-4-11-28/h1-27H. The molecule has 246 valence electrons. The quantitative estimate of drug-likeness (QED) is 0.178. The lowest BCUT2D eigenvalue weighted by Crippen LogP contribution is -2.01. The van der Waals surface area contributed by atoms with Gasteiger partial charge in [-0.3, -0.25) is 0 Å². The van der Waals surface area contributed by atoms with Crippen molar-refractivity contribution < 1.29 is 8.42 Å². The van der Waals surface area contributed by atoms with Crippen molar-refractivity contribution in [3.8, 4) is 67.5 Å².